The molecule has 0 unspecified atom stereocenters. The van der Waals surface area contributed by atoms with Crippen LogP contribution in [-0.2, 0) is 4.79 Å². The van der Waals surface area contributed by atoms with Gasteiger partial charge in [-0.1, -0.05) is 53.8 Å². The summed E-state index contributed by atoms with van der Waals surface area (Å²) in [5, 5.41) is 0. The molecular weight excluding hydrogens is 311 g/mol. The summed E-state index contributed by atoms with van der Waals surface area (Å²) < 4.78 is 1.99. The van der Waals surface area contributed by atoms with Crippen LogP contribution in [0.2, 0.25) is 0 Å². The molecule has 0 bridgehead atoms. The summed E-state index contributed by atoms with van der Waals surface area (Å²) in [6.07, 6.45) is 5.88. The predicted octanol–water partition coefficient (Wildman–Crippen LogP) is 4.44. The molecule has 0 N–H and O–H groups in total. The molecule has 0 spiro atoms. The first kappa shape index (κ1) is 13.7. The van der Waals surface area contributed by atoms with E-state index in [0.29, 0.717) is 0 Å². The van der Waals surface area contributed by atoms with E-state index in [-0.39, 0.29) is 17.1 Å². The summed E-state index contributed by atoms with van der Waals surface area (Å²) in [6.45, 7) is 10.1. The molecule has 0 aromatic heterocycles. The molecule has 2 atom stereocenters. The summed E-state index contributed by atoms with van der Waals surface area (Å²) in [6, 6.07) is 0. The van der Waals surface area contributed by atoms with Crippen LogP contribution in [0.25, 0.3) is 0 Å². The van der Waals surface area contributed by atoms with Crippen LogP contribution < -0.4 is 0 Å². The predicted molar refractivity (Wildman–Crippen MR) is 77.6 cm³/mol. The molecule has 2 heteroatoms. The van der Waals surface area contributed by atoms with Gasteiger partial charge in [-0.05, 0) is 42.3 Å². The van der Waals surface area contributed by atoms with E-state index in [4.69, 9.17) is 0 Å². The topological polar surface area (TPSA) is 17.1 Å². The van der Waals surface area contributed by atoms with E-state index in [2.05, 4.69) is 48.2 Å². The first-order chi connectivity index (χ1) is 7.43. The van der Waals surface area contributed by atoms with Crippen molar-refractivity contribution in [3.05, 3.63) is 34.0 Å². The molecule has 0 aromatic carbocycles. The minimum absolute atomic E-state index is 0.274. The fraction of sp³-hybridized carbons (Fsp3) is 0.500. The van der Waals surface area contributed by atoms with Crippen molar-refractivity contribution in [2.45, 2.75) is 33.6 Å². The van der Waals surface area contributed by atoms with Crippen LogP contribution in [0.4, 0.5) is 0 Å². The van der Waals surface area contributed by atoms with Gasteiger partial charge in [0.2, 0.25) is 0 Å². The number of halogens is 1. The van der Waals surface area contributed by atoms with Crippen molar-refractivity contribution in [1.29, 1.82) is 0 Å². The van der Waals surface area contributed by atoms with Gasteiger partial charge in [0.15, 0.2) is 5.78 Å². The van der Waals surface area contributed by atoms with Crippen LogP contribution in [0.15, 0.2) is 34.0 Å². The molecule has 0 aromatic rings. The smallest absolute Gasteiger partial charge is 0.165 e. The Hall–Kier alpha value is -0.380. The largest absolute Gasteiger partial charge is 0.294 e. The molecule has 0 fully saturated rings. The molecule has 0 aliphatic heterocycles. The van der Waals surface area contributed by atoms with Crippen LogP contribution in [0.5, 0.6) is 0 Å². The lowest BCUT2D eigenvalue weighted by Crippen LogP contribution is -2.39. The van der Waals surface area contributed by atoms with Crippen LogP contribution in [-0.4, -0.2) is 5.78 Å². The van der Waals surface area contributed by atoms with Crippen molar-refractivity contribution in [2.24, 2.45) is 11.3 Å². The van der Waals surface area contributed by atoms with E-state index >= 15 is 0 Å². The first-order valence-electron chi connectivity index (χ1n) is 5.55. The highest BCUT2D eigenvalue weighted by molar-refractivity contribution is 14.1. The molecule has 1 aliphatic carbocycles. The number of carbonyl (C=O) groups excluding carboxylic acids is 1. The number of ketones is 1. The third-order valence-corrected chi connectivity index (χ3v) is 4.04. The number of hydrogen-bond donors (Lipinski definition) is 0. The average molecular weight is 330 g/mol. The monoisotopic (exact) mass is 330 g/mol. The first-order valence-corrected chi connectivity index (χ1v) is 6.80. The molecule has 1 nitrogen and oxygen atoms in total. The summed E-state index contributed by atoms with van der Waals surface area (Å²) in [4.78, 5) is 12.3. The Morgan fingerprint density at radius 2 is 2.38 bits per heavy atom. The minimum atomic E-state index is -0.299. The van der Waals surface area contributed by atoms with E-state index in [1.54, 1.807) is 0 Å². The average Bonchev–Trinajstić information content (AvgIpc) is 2.23. The van der Waals surface area contributed by atoms with Crippen molar-refractivity contribution < 1.29 is 4.79 Å². The number of Topliss-reactive ketones (excluding diaryl/α,β-unsaturated/α-hetero) is 1. The highest BCUT2D eigenvalue weighted by atomic mass is 127. The highest BCUT2D eigenvalue weighted by Gasteiger charge is 2.42. The van der Waals surface area contributed by atoms with Gasteiger partial charge in [-0.15, -0.1) is 0 Å². The number of rotatable bonds is 3. The van der Waals surface area contributed by atoms with Gasteiger partial charge in [-0.25, -0.2) is 0 Å². The number of hydrogen-bond acceptors (Lipinski definition) is 1. The van der Waals surface area contributed by atoms with Crippen molar-refractivity contribution in [1.82, 2.24) is 0 Å². The second-order valence-corrected chi connectivity index (χ2v) is 5.55. The second-order valence-electron chi connectivity index (χ2n) is 4.83. The number of carbonyl (C=O) groups is 1. The van der Waals surface area contributed by atoms with Gasteiger partial charge in [0, 0.05) is 5.41 Å². The van der Waals surface area contributed by atoms with Crippen LogP contribution in [0.1, 0.15) is 33.6 Å². The van der Waals surface area contributed by atoms with Crippen molar-refractivity contribution in [3.8, 4) is 0 Å². The maximum Gasteiger partial charge on any atom is 0.165 e. The van der Waals surface area contributed by atoms with E-state index in [9.17, 15) is 4.79 Å². The van der Waals surface area contributed by atoms with Crippen molar-refractivity contribution in [3.63, 3.8) is 0 Å². The molecule has 0 radical (unpaired) electrons. The summed E-state index contributed by atoms with van der Waals surface area (Å²) in [5.74, 6) is 0.553. The zero-order valence-corrected chi connectivity index (χ0v) is 12.4. The lowest BCUT2D eigenvalue weighted by Gasteiger charge is -2.39. The molecule has 0 amide bonds. The van der Waals surface area contributed by atoms with Crippen LogP contribution >= 0.6 is 22.6 Å². The van der Waals surface area contributed by atoms with Gasteiger partial charge in [0.25, 0.3) is 0 Å². The lowest BCUT2D eigenvalue weighted by molar-refractivity contribution is -0.126. The Labute approximate surface area is 112 Å². The normalized spacial score (nSPS) is 30.6. The van der Waals surface area contributed by atoms with E-state index in [1.165, 1.54) is 0 Å². The molecule has 0 heterocycles. The third-order valence-electron chi connectivity index (χ3n) is 3.53. The fourth-order valence-corrected chi connectivity index (χ4v) is 2.78. The van der Waals surface area contributed by atoms with Gasteiger partial charge in [-0.3, -0.25) is 4.79 Å². The molecule has 0 saturated heterocycles. The Kier molecular flexibility index (Phi) is 4.53. The Bertz CT molecular complexity index is 365. The van der Waals surface area contributed by atoms with E-state index in [0.717, 1.165) is 24.0 Å². The van der Waals surface area contributed by atoms with Crippen molar-refractivity contribution in [2.75, 3.05) is 0 Å². The molecule has 88 valence electrons. The maximum atomic E-state index is 12.3. The van der Waals surface area contributed by atoms with Gasteiger partial charge < -0.3 is 0 Å². The Balaban J connectivity index is 3.11. The Morgan fingerprint density at radius 1 is 1.75 bits per heavy atom. The van der Waals surface area contributed by atoms with E-state index < -0.39 is 0 Å². The highest BCUT2D eigenvalue weighted by Crippen LogP contribution is 2.44. The molecule has 1 aliphatic rings. The zero-order valence-electron chi connectivity index (χ0n) is 10.2. The molecule has 16 heavy (non-hydrogen) atoms. The fourth-order valence-electron chi connectivity index (χ4n) is 2.53. The SMILES string of the molecule is C=C(C)[C@H]1CC=C(C)C(=O)[C@@]1(C)C/C=C\I. The summed E-state index contributed by atoms with van der Waals surface area (Å²) in [5.41, 5.74) is 1.72. The third kappa shape index (κ3) is 2.47. The van der Waals surface area contributed by atoms with Crippen LogP contribution in [0, 0.1) is 11.3 Å². The van der Waals surface area contributed by atoms with Crippen LogP contribution in [0.3, 0.4) is 0 Å². The van der Waals surface area contributed by atoms with Gasteiger partial charge in [0.1, 0.15) is 0 Å². The standard InChI is InChI=1S/C14H19IO/c1-10(2)12-7-6-11(3)13(16)14(12,4)8-5-9-15/h5-6,9,12H,1,7-8H2,2-4H3/b9-5-/t12-,14+/m1/s1. The zero-order chi connectivity index (χ0) is 12.3. The number of allylic oxidation sites excluding steroid dienone is 4. The lowest BCUT2D eigenvalue weighted by atomic mass is 9.63. The summed E-state index contributed by atoms with van der Waals surface area (Å²) >= 11 is 2.20. The molecular formula is C14H19IO. The maximum absolute atomic E-state index is 12.3. The molecule has 0 saturated carbocycles. The van der Waals surface area contributed by atoms with E-state index in [1.807, 2.05) is 17.9 Å². The Morgan fingerprint density at radius 3 is 2.88 bits per heavy atom. The van der Waals surface area contributed by atoms with Crippen molar-refractivity contribution >= 4 is 28.4 Å². The minimum Gasteiger partial charge on any atom is -0.294 e. The second kappa shape index (κ2) is 5.30. The van der Waals surface area contributed by atoms with Gasteiger partial charge in [-0.2, -0.15) is 0 Å². The summed E-state index contributed by atoms with van der Waals surface area (Å²) in [7, 11) is 0. The van der Waals surface area contributed by atoms with Gasteiger partial charge >= 0.3 is 0 Å². The quantitative estimate of drug-likeness (QED) is 0.552. The van der Waals surface area contributed by atoms with Gasteiger partial charge in [0.05, 0.1) is 0 Å². The molecule has 1 rings (SSSR count).